The van der Waals surface area contributed by atoms with Crippen molar-refractivity contribution < 1.29 is 19.4 Å². The van der Waals surface area contributed by atoms with E-state index >= 15 is 0 Å². The number of aliphatic hydroxyl groups is 1. The summed E-state index contributed by atoms with van der Waals surface area (Å²) in [6.07, 6.45) is 11.6. The highest BCUT2D eigenvalue weighted by molar-refractivity contribution is 5.78. The summed E-state index contributed by atoms with van der Waals surface area (Å²) < 4.78 is 12.1. The first-order valence-corrected chi connectivity index (χ1v) is 15.7. The number of rotatable bonds is 1. The van der Waals surface area contributed by atoms with Crippen molar-refractivity contribution in [3.63, 3.8) is 0 Å². The highest BCUT2D eigenvalue weighted by Crippen LogP contribution is 2.77. The van der Waals surface area contributed by atoms with Gasteiger partial charge in [0.2, 0.25) is 0 Å². The van der Waals surface area contributed by atoms with Crippen LogP contribution >= 0.6 is 0 Å². The van der Waals surface area contributed by atoms with Crippen LogP contribution in [-0.2, 0) is 14.3 Å². The summed E-state index contributed by atoms with van der Waals surface area (Å²) in [5.74, 6) is 2.51. The molecule has 0 bridgehead atoms. The van der Waals surface area contributed by atoms with E-state index in [4.69, 9.17) is 9.47 Å². The smallest absolute Gasteiger partial charge is 0.312 e. The lowest BCUT2D eigenvalue weighted by atomic mass is 9.33. The monoisotopic (exact) mass is 526 g/mol. The van der Waals surface area contributed by atoms with E-state index in [2.05, 4.69) is 61.5 Å². The van der Waals surface area contributed by atoms with Crippen molar-refractivity contribution in [2.75, 3.05) is 7.11 Å². The molecular formula is C34H54O4. The van der Waals surface area contributed by atoms with Gasteiger partial charge in [-0.15, -0.1) is 0 Å². The largest absolute Gasteiger partial charge is 0.469 e. The summed E-state index contributed by atoms with van der Waals surface area (Å²) in [5.41, 5.74) is 1.38. The van der Waals surface area contributed by atoms with Crippen molar-refractivity contribution in [1.82, 2.24) is 0 Å². The third-order valence-electron chi connectivity index (χ3n) is 14.5. The van der Waals surface area contributed by atoms with Crippen molar-refractivity contribution >= 4 is 5.97 Å². The minimum absolute atomic E-state index is 0.0159. The summed E-state index contributed by atoms with van der Waals surface area (Å²) in [7, 11) is 1.59. The van der Waals surface area contributed by atoms with Gasteiger partial charge in [0, 0.05) is 5.41 Å². The number of fused-ring (bicyclic) bond motifs is 9. The van der Waals surface area contributed by atoms with Gasteiger partial charge in [0.1, 0.15) is 0 Å². The van der Waals surface area contributed by atoms with Crippen LogP contribution in [0, 0.1) is 56.7 Å². The molecule has 4 saturated carbocycles. The molecule has 1 N–H and O–H groups in total. The molecule has 6 aliphatic rings. The number of carbonyl (C=O) groups excluding carboxylic acids is 1. The maximum absolute atomic E-state index is 13.5. The lowest BCUT2D eigenvalue weighted by Gasteiger charge is -2.71. The molecule has 6 rings (SSSR count). The van der Waals surface area contributed by atoms with E-state index in [1.54, 1.807) is 12.7 Å². The van der Waals surface area contributed by atoms with Crippen LogP contribution in [0.4, 0.5) is 0 Å². The number of methoxy groups -OCH3 is 1. The van der Waals surface area contributed by atoms with E-state index < -0.39 is 6.10 Å². The van der Waals surface area contributed by atoms with Gasteiger partial charge in [-0.1, -0.05) is 53.2 Å². The maximum atomic E-state index is 13.5. The Labute approximate surface area is 231 Å². The van der Waals surface area contributed by atoms with Crippen LogP contribution in [-0.4, -0.2) is 36.0 Å². The highest BCUT2D eigenvalue weighted by Gasteiger charge is 2.72. The first-order chi connectivity index (χ1) is 17.6. The Morgan fingerprint density at radius 3 is 2.37 bits per heavy atom. The summed E-state index contributed by atoms with van der Waals surface area (Å²) >= 11 is 0. The average molecular weight is 527 g/mol. The fraction of sp³-hybridized carbons (Fsp3) is 0.912. The van der Waals surface area contributed by atoms with E-state index in [0.29, 0.717) is 23.7 Å². The zero-order valence-electron chi connectivity index (χ0n) is 25.7. The van der Waals surface area contributed by atoms with Crippen LogP contribution in [0.2, 0.25) is 0 Å². The molecule has 1 heterocycles. The Hall–Kier alpha value is -0.870. The minimum Gasteiger partial charge on any atom is -0.469 e. The first-order valence-electron chi connectivity index (χ1n) is 15.7. The third-order valence-corrected chi connectivity index (χ3v) is 14.5. The Kier molecular flexibility index (Phi) is 5.83. The Morgan fingerprint density at radius 1 is 0.974 bits per heavy atom. The van der Waals surface area contributed by atoms with Crippen LogP contribution in [0.3, 0.4) is 0 Å². The summed E-state index contributed by atoms with van der Waals surface area (Å²) in [6.45, 7) is 19.4. The van der Waals surface area contributed by atoms with Crippen molar-refractivity contribution in [2.45, 2.75) is 131 Å². The molecule has 0 radical (unpaired) electrons. The second-order valence-corrected chi connectivity index (χ2v) is 16.5. The molecule has 214 valence electrons. The molecule has 1 aliphatic heterocycles. The summed E-state index contributed by atoms with van der Waals surface area (Å²) in [4.78, 5) is 13.5. The molecule has 0 aromatic heterocycles. The quantitative estimate of drug-likeness (QED) is 0.287. The van der Waals surface area contributed by atoms with Gasteiger partial charge >= 0.3 is 5.97 Å². The summed E-state index contributed by atoms with van der Waals surface area (Å²) in [5, 5.41) is 11.6. The van der Waals surface area contributed by atoms with Crippen molar-refractivity contribution in [3.8, 4) is 0 Å². The molecule has 4 heteroatoms. The predicted octanol–water partition coefficient (Wildman–Crippen LogP) is 7.34. The Morgan fingerprint density at radius 2 is 1.68 bits per heavy atom. The van der Waals surface area contributed by atoms with Crippen LogP contribution in [0.1, 0.15) is 113 Å². The van der Waals surface area contributed by atoms with Crippen LogP contribution in [0.5, 0.6) is 0 Å². The van der Waals surface area contributed by atoms with Gasteiger partial charge in [0.25, 0.3) is 0 Å². The molecular weight excluding hydrogens is 472 g/mol. The van der Waals surface area contributed by atoms with Gasteiger partial charge in [-0.05, 0) is 117 Å². The van der Waals surface area contributed by atoms with Crippen LogP contribution in [0.25, 0.3) is 0 Å². The molecule has 38 heavy (non-hydrogen) atoms. The average Bonchev–Trinajstić information content (AvgIpc) is 3.10. The van der Waals surface area contributed by atoms with Gasteiger partial charge in [0.05, 0.1) is 30.3 Å². The number of hydrogen-bond acceptors (Lipinski definition) is 4. The SMILES string of the molecule is COC(=O)[C@]12CC[C@@H](C)[C@H](C)[C@H]1C1=CC[C@@H]3[C@@]4(C)C[C@H](O)C5OC(C)(C)CC5(C)C4CC[C@@]3(C)[C@]1(C)CC2. The maximum Gasteiger partial charge on any atom is 0.312 e. The second-order valence-electron chi connectivity index (χ2n) is 16.5. The van der Waals surface area contributed by atoms with E-state index in [1.165, 1.54) is 12.8 Å². The number of esters is 1. The van der Waals surface area contributed by atoms with Gasteiger partial charge < -0.3 is 14.6 Å². The van der Waals surface area contributed by atoms with Gasteiger partial charge in [-0.3, -0.25) is 4.79 Å². The van der Waals surface area contributed by atoms with Gasteiger partial charge in [0.15, 0.2) is 0 Å². The number of carbonyl (C=O) groups is 1. The lowest BCUT2D eigenvalue weighted by molar-refractivity contribution is -0.227. The van der Waals surface area contributed by atoms with Crippen LogP contribution < -0.4 is 0 Å². The van der Waals surface area contributed by atoms with Crippen molar-refractivity contribution in [1.29, 1.82) is 0 Å². The van der Waals surface area contributed by atoms with E-state index in [-0.39, 0.29) is 50.7 Å². The van der Waals surface area contributed by atoms with Crippen LogP contribution in [0.15, 0.2) is 11.6 Å². The molecule has 1 saturated heterocycles. The van der Waals surface area contributed by atoms with Crippen molar-refractivity contribution in [2.24, 2.45) is 56.7 Å². The predicted molar refractivity (Wildman–Crippen MR) is 150 cm³/mol. The normalized spacial score (nSPS) is 56.9. The fourth-order valence-corrected chi connectivity index (χ4v) is 12.7. The van der Waals surface area contributed by atoms with E-state index in [1.807, 2.05) is 0 Å². The molecule has 12 atom stereocenters. The van der Waals surface area contributed by atoms with E-state index in [9.17, 15) is 9.90 Å². The topological polar surface area (TPSA) is 55.8 Å². The second kappa shape index (κ2) is 8.11. The fourth-order valence-electron chi connectivity index (χ4n) is 12.7. The Balaban J connectivity index is 1.44. The van der Waals surface area contributed by atoms with Crippen molar-refractivity contribution in [3.05, 3.63) is 11.6 Å². The molecule has 0 aromatic carbocycles. The highest BCUT2D eigenvalue weighted by atomic mass is 16.5. The van der Waals surface area contributed by atoms with Gasteiger partial charge in [-0.2, -0.15) is 0 Å². The number of ether oxygens (including phenoxy) is 2. The number of hydrogen-bond donors (Lipinski definition) is 1. The molecule has 5 fully saturated rings. The molecule has 0 aromatic rings. The zero-order chi connectivity index (χ0) is 27.7. The third kappa shape index (κ3) is 3.14. The molecule has 0 spiro atoms. The standard InChI is InChI=1S/C34H54O4/c1-20-12-15-34(28(36)37-9)17-16-32(7)22(26(34)21(20)2)10-11-25-30(5)18-23(35)27-31(6,19-29(3,4)38-27)24(30)13-14-33(25,32)8/h10,20-21,23-27,35H,11-19H2,1-9H3/t20-,21+,23+,24?,25-,26+,27?,30+,31?,32-,33-,34+/m1/s1. The van der Waals surface area contributed by atoms with E-state index in [0.717, 1.165) is 44.9 Å². The number of allylic oxidation sites excluding steroid dienone is 2. The number of aliphatic hydroxyl groups excluding tert-OH is 1. The first kappa shape index (κ1) is 27.3. The zero-order valence-corrected chi connectivity index (χ0v) is 25.7. The molecule has 0 amide bonds. The molecule has 5 aliphatic carbocycles. The minimum atomic E-state index is -0.402. The Bertz CT molecular complexity index is 1050. The molecule has 3 unspecified atom stereocenters. The summed E-state index contributed by atoms with van der Waals surface area (Å²) in [6, 6.07) is 0. The lowest BCUT2D eigenvalue weighted by Crippen LogP contribution is -2.67. The van der Waals surface area contributed by atoms with Gasteiger partial charge in [-0.25, -0.2) is 0 Å². The molecule has 4 nitrogen and oxygen atoms in total.